The van der Waals surface area contributed by atoms with Gasteiger partial charge in [-0.2, -0.15) is 0 Å². The quantitative estimate of drug-likeness (QED) is 0.768. The number of hydrogen-bond acceptors (Lipinski definition) is 3. The molecule has 3 saturated heterocycles. The molecule has 2 spiro atoms. The first-order valence-electron chi connectivity index (χ1n) is 11.3. The van der Waals surface area contributed by atoms with Crippen LogP contribution in [0.1, 0.15) is 56.0 Å². The second-order valence-corrected chi connectivity index (χ2v) is 9.22. The molecule has 3 aliphatic heterocycles. The first-order chi connectivity index (χ1) is 14.4. The normalized spacial score (nSPS) is 25.6. The molecule has 3 heterocycles. The van der Waals surface area contributed by atoms with E-state index in [0.29, 0.717) is 26.2 Å². The number of hydrogen-bond donors (Lipinski definition) is 0. The van der Waals surface area contributed by atoms with Gasteiger partial charge < -0.3 is 14.7 Å². The fraction of sp³-hybridized carbons (Fsp3) is 0.625. The molecule has 6 heteroatoms. The van der Waals surface area contributed by atoms with Gasteiger partial charge in [-0.05, 0) is 50.3 Å². The third-order valence-electron chi connectivity index (χ3n) is 7.92. The lowest BCUT2D eigenvalue weighted by atomic mass is 9.60. The zero-order valence-electron chi connectivity index (χ0n) is 18.4. The summed E-state index contributed by atoms with van der Waals surface area (Å²) >= 11 is 0. The lowest BCUT2D eigenvalue weighted by molar-refractivity contribution is -0.141. The number of carbonyl (C=O) groups is 3. The summed E-state index contributed by atoms with van der Waals surface area (Å²) < 4.78 is 0. The molecule has 0 radical (unpaired) electrons. The van der Waals surface area contributed by atoms with Crippen LogP contribution in [0.3, 0.4) is 0 Å². The summed E-state index contributed by atoms with van der Waals surface area (Å²) in [5, 5.41) is 0. The van der Waals surface area contributed by atoms with E-state index >= 15 is 0 Å². The van der Waals surface area contributed by atoms with Gasteiger partial charge in [0.05, 0.1) is 5.41 Å². The summed E-state index contributed by atoms with van der Waals surface area (Å²) in [5.41, 5.74) is 1.25. The van der Waals surface area contributed by atoms with Crippen LogP contribution in [0.2, 0.25) is 0 Å². The number of rotatable bonds is 3. The lowest BCUT2D eigenvalue weighted by Gasteiger charge is -2.46. The summed E-state index contributed by atoms with van der Waals surface area (Å²) in [6.07, 6.45) is 3.33. The lowest BCUT2D eigenvalue weighted by Crippen LogP contribution is -2.53. The van der Waals surface area contributed by atoms with E-state index < -0.39 is 5.41 Å². The van der Waals surface area contributed by atoms with Gasteiger partial charge in [-0.3, -0.25) is 14.4 Å². The molecule has 162 valence electrons. The Hall–Kier alpha value is -2.37. The van der Waals surface area contributed by atoms with Crippen molar-refractivity contribution in [3.05, 3.63) is 35.4 Å². The van der Waals surface area contributed by atoms with Crippen molar-refractivity contribution in [1.82, 2.24) is 14.7 Å². The Balaban J connectivity index is 1.54. The first kappa shape index (κ1) is 20.9. The second kappa shape index (κ2) is 7.71. The van der Waals surface area contributed by atoms with E-state index in [9.17, 15) is 14.4 Å². The predicted molar refractivity (Wildman–Crippen MR) is 115 cm³/mol. The van der Waals surface area contributed by atoms with Gasteiger partial charge in [0.25, 0.3) is 5.91 Å². The van der Waals surface area contributed by atoms with Crippen LogP contribution in [0.25, 0.3) is 0 Å². The monoisotopic (exact) mass is 411 g/mol. The highest BCUT2D eigenvalue weighted by atomic mass is 16.2. The zero-order valence-corrected chi connectivity index (χ0v) is 18.4. The van der Waals surface area contributed by atoms with Crippen LogP contribution < -0.4 is 0 Å². The number of amides is 3. The number of nitrogens with zero attached hydrogens (tertiary/aromatic N) is 3. The average Bonchev–Trinajstić information content (AvgIpc) is 3.26. The Labute approximate surface area is 179 Å². The number of piperidine rings is 1. The maximum absolute atomic E-state index is 13.4. The topological polar surface area (TPSA) is 60.9 Å². The molecule has 30 heavy (non-hydrogen) atoms. The summed E-state index contributed by atoms with van der Waals surface area (Å²) in [5.74, 6) is 0.322. The molecule has 0 saturated carbocycles. The van der Waals surface area contributed by atoms with Crippen molar-refractivity contribution in [3.8, 4) is 0 Å². The van der Waals surface area contributed by atoms with E-state index in [0.717, 1.165) is 44.3 Å². The Kier molecular flexibility index (Phi) is 5.37. The van der Waals surface area contributed by atoms with E-state index in [2.05, 4.69) is 6.92 Å². The van der Waals surface area contributed by atoms with Crippen LogP contribution in [0.4, 0.5) is 0 Å². The number of benzene rings is 1. The predicted octanol–water partition coefficient (Wildman–Crippen LogP) is 2.57. The maximum atomic E-state index is 13.4. The smallest absolute Gasteiger partial charge is 0.253 e. The van der Waals surface area contributed by atoms with E-state index in [4.69, 9.17) is 0 Å². The van der Waals surface area contributed by atoms with Gasteiger partial charge in [-0.25, -0.2) is 0 Å². The molecule has 0 N–H and O–H groups in total. The average molecular weight is 412 g/mol. The fourth-order valence-corrected chi connectivity index (χ4v) is 5.91. The summed E-state index contributed by atoms with van der Waals surface area (Å²) in [6, 6.07) is 7.87. The van der Waals surface area contributed by atoms with Crippen LogP contribution in [0.5, 0.6) is 0 Å². The molecular weight excluding hydrogens is 378 g/mol. The minimum absolute atomic E-state index is 0.0449. The molecule has 3 aliphatic rings. The molecule has 3 amide bonds. The van der Waals surface area contributed by atoms with E-state index in [-0.39, 0.29) is 23.1 Å². The van der Waals surface area contributed by atoms with Crippen molar-refractivity contribution in [3.63, 3.8) is 0 Å². The molecule has 1 atom stereocenters. The van der Waals surface area contributed by atoms with Crippen LogP contribution >= 0.6 is 0 Å². The van der Waals surface area contributed by atoms with Gasteiger partial charge in [0.2, 0.25) is 11.8 Å². The van der Waals surface area contributed by atoms with Gasteiger partial charge in [0.15, 0.2) is 0 Å². The summed E-state index contributed by atoms with van der Waals surface area (Å²) in [7, 11) is 0. The summed E-state index contributed by atoms with van der Waals surface area (Å²) in [6.45, 7) is 9.66. The van der Waals surface area contributed by atoms with E-state index in [1.165, 1.54) is 5.56 Å². The van der Waals surface area contributed by atoms with Crippen LogP contribution in [0.15, 0.2) is 24.3 Å². The Morgan fingerprint density at radius 2 is 1.60 bits per heavy atom. The first-order valence-corrected chi connectivity index (χ1v) is 11.3. The van der Waals surface area contributed by atoms with Crippen LogP contribution in [-0.2, 0) is 16.0 Å². The van der Waals surface area contributed by atoms with Crippen molar-refractivity contribution in [2.24, 2.45) is 10.8 Å². The molecule has 6 nitrogen and oxygen atoms in total. The van der Waals surface area contributed by atoms with E-state index in [1.54, 1.807) is 6.92 Å². The SMILES string of the molecule is CCc1ccc(C(=O)N2CCC3(CC2)CN(C(C)=O)CC32CCN(CC)C2=O)cc1. The molecule has 0 aromatic heterocycles. The molecule has 1 unspecified atom stereocenters. The third kappa shape index (κ3) is 3.12. The van der Waals surface area contributed by atoms with Gasteiger partial charge in [-0.1, -0.05) is 19.1 Å². The van der Waals surface area contributed by atoms with Crippen LogP contribution in [-0.4, -0.2) is 71.7 Å². The van der Waals surface area contributed by atoms with Crippen molar-refractivity contribution in [2.45, 2.75) is 46.5 Å². The van der Waals surface area contributed by atoms with E-state index in [1.807, 2.05) is 45.9 Å². The van der Waals surface area contributed by atoms with Gasteiger partial charge >= 0.3 is 0 Å². The Morgan fingerprint density at radius 3 is 2.13 bits per heavy atom. The van der Waals surface area contributed by atoms with Crippen molar-refractivity contribution < 1.29 is 14.4 Å². The number of likely N-dealkylation sites (tertiary alicyclic amines) is 3. The minimum Gasteiger partial charge on any atom is -0.342 e. The Morgan fingerprint density at radius 1 is 0.933 bits per heavy atom. The maximum Gasteiger partial charge on any atom is 0.253 e. The summed E-state index contributed by atoms with van der Waals surface area (Å²) in [4.78, 5) is 44.4. The molecule has 0 bridgehead atoms. The number of carbonyl (C=O) groups excluding carboxylic acids is 3. The molecule has 4 rings (SSSR count). The van der Waals surface area contributed by atoms with Gasteiger partial charge in [0.1, 0.15) is 0 Å². The fourth-order valence-electron chi connectivity index (χ4n) is 5.91. The number of aryl methyl sites for hydroxylation is 1. The van der Waals surface area contributed by atoms with Crippen molar-refractivity contribution in [2.75, 3.05) is 39.3 Å². The second-order valence-electron chi connectivity index (χ2n) is 9.22. The standard InChI is InChI=1S/C24H33N3O3/c1-4-19-6-8-20(9-7-19)21(29)26-13-10-23(11-14-26)16-27(18(3)28)17-24(23)12-15-25(5-2)22(24)30/h6-9H,4-5,10-17H2,1-3H3. The molecule has 0 aliphatic carbocycles. The largest absolute Gasteiger partial charge is 0.342 e. The van der Waals surface area contributed by atoms with Crippen molar-refractivity contribution >= 4 is 17.7 Å². The number of fused-ring (bicyclic) bond motifs is 1. The third-order valence-corrected chi connectivity index (χ3v) is 7.92. The van der Waals surface area contributed by atoms with Crippen LogP contribution in [0, 0.1) is 10.8 Å². The van der Waals surface area contributed by atoms with Gasteiger partial charge in [-0.15, -0.1) is 0 Å². The van der Waals surface area contributed by atoms with Crippen molar-refractivity contribution in [1.29, 1.82) is 0 Å². The molecule has 1 aromatic rings. The highest BCUT2D eigenvalue weighted by molar-refractivity contribution is 5.94. The minimum atomic E-state index is -0.480. The molecule has 1 aromatic carbocycles. The zero-order chi connectivity index (χ0) is 21.5. The molecule has 3 fully saturated rings. The molecular formula is C24H33N3O3. The Bertz CT molecular complexity index is 842. The highest BCUT2D eigenvalue weighted by Gasteiger charge is 2.65. The highest BCUT2D eigenvalue weighted by Crippen LogP contribution is 2.57. The van der Waals surface area contributed by atoms with Gasteiger partial charge in [0, 0.05) is 57.2 Å².